The highest BCUT2D eigenvalue weighted by molar-refractivity contribution is 5.99. The van der Waals surface area contributed by atoms with Crippen LogP contribution in [0.25, 0.3) is 0 Å². The monoisotopic (exact) mass is 350 g/mol. The van der Waals surface area contributed by atoms with Crippen molar-refractivity contribution >= 4 is 17.4 Å². The first-order valence-electron chi connectivity index (χ1n) is 9.70. The van der Waals surface area contributed by atoms with E-state index in [4.69, 9.17) is 0 Å². The van der Waals surface area contributed by atoms with Crippen molar-refractivity contribution in [3.63, 3.8) is 0 Å². The van der Waals surface area contributed by atoms with E-state index >= 15 is 0 Å². The molecule has 138 valence electrons. The fraction of sp³-hybridized carbons (Fsp3) is 0.435. The molecule has 1 aliphatic carbocycles. The van der Waals surface area contributed by atoms with Crippen LogP contribution in [0.2, 0.25) is 0 Å². The molecule has 3 rings (SSSR count). The predicted molar refractivity (Wildman–Crippen MR) is 110 cm³/mol. The Balaban J connectivity index is 1.59. The van der Waals surface area contributed by atoms with E-state index in [9.17, 15) is 4.79 Å². The number of anilines is 2. The third-order valence-electron chi connectivity index (χ3n) is 5.23. The van der Waals surface area contributed by atoms with Crippen LogP contribution in [0.3, 0.4) is 0 Å². The molecule has 0 bridgehead atoms. The van der Waals surface area contributed by atoms with Crippen molar-refractivity contribution in [3.05, 3.63) is 59.7 Å². The molecule has 3 nitrogen and oxygen atoms in total. The van der Waals surface area contributed by atoms with Crippen LogP contribution in [0.1, 0.15) is 69.9 Å². The lowest BCUT2D eigenvalue weighted by atomic mass is 9.84. The van der Waals surface area contributed by atoms with Gasteiger partial charge in [-0.1, -0.05) is 64.3 Å². The van der Waals surface area contributed by atoms with Gasteiger partial charge in [-0.2, -0.15) is 0 Å². The molecule has 2 aromatic rings. The minimum absolute atomic E-state index is 0.0586. The van der Waals surface area contributed by atoms with Crippen LogP contribution in [0.5, 0.6) is 0 Å². The maximum atomic E-state index is 12.3. The molecule has 2 amide bonds. The van der Waals surface area contributed by atoms with Crippen LogP contribution in [0.4, 0.5) is 16.2 Å². The van der Waals surface area contributed by atoms with Gasteiger partial charge in [0.25, 0.3) is 0 Å². The quantitative estimate of drug-likeness (QED) is 0.637. The van der Waals surface area contributed by atoms with Gasteiger partial charge in [0.2, 0.25) is 0 Å². The van der Waals surface area contributed by atoms with Gasteiger partial charge >= 0.3 is 6.03 Å². The van der Waals surface area contributed by atoms with Gasteiger partial charge in [-0.05, 0) is 59.6 Å². The molecule has 0 heterocycles. The van der Waals surface area contributed by atoms with Gasteiger partial charge in [-0.3, -0.25) is 0 Å². The lowest BCUT2D eigenvalue weighted by Gasteiger charge is -2.22. The Bertz CT molecular complexity index is 738. The number of hydrogen-bond acceptors (Lipinski definition) is 1. The highest BCUT2D eigenvalue weighted by Crippen LogP contribution is 2.33. The first kappa shape index (κ1) is 18.5. The number of amides is 2. The van der Waals surface area contributed by atoms with E-state index in [1.807, 2.05) is 30.3 Å². The molecule has 0 saturated heterocycles. The Morgan fingerprint density at radius 3 is 2.19 bits per heavy atom. The summed E-state index contributed by atoms with van der Waals surface area (Å²) in [4.78, 5) is 12.3. The maximum Gasteiger partial charge on any atom is 0.323 e. The molecule has 26 heavy (non-hydrogen) atoms. The summed E-state index contributed by atoms with van der Waals surface area (Å²) < 4.78 is 0. The summed E-state index contributed by atoms with van der Waals surface area (Å²) >= 11 is 0. The van der Waals surface area contributed by atoms with Crippen molar-refractivity contribution in [1.82, 2.24) is 0 Å². The van der Waals surface area contributed by atoms with E-state index in [-0.39, 0.29) is 11.4 Å². The van der Waals surface area contributed by atoms with Crippen molar-refractivity contribution < 1.29 is 4.79 Å². The summed E-state index contributed by atoms with van der Waals surface area (Å²) in [5, 5.41) is 5.86. The molecule has 1 aliphatic rings. The molecule has 2 aromatic carbocycles. The van der Waals surface area contributed by atoms with Crippen molar-refractivity contribution in [3.8, 4) is 0 Å². The van der Waals surface area contributed by atoms with Crippen LogP contribution in [-0.2, 0) is 5.41 Å². The fourth-order valence-electron chi connectivity index (χ4n) is 3.63. The van der Waals surface area contributed by atoms with E-state index in [1.54, 1.807) is 0 Å². The molecule has 2 N–H and O–H groups in total. The zero-order valence-electron chi connectivity index (χ0n) is 16.1. The molecule has 0 aliphatic heterocycles. The second-order valence-corrected chi connectivity index (χ2v) is 8.37. The Morgan fingerprint density at radius 2 is 1.54 bits per heavy atom. The second kappa shape index (κ2) is 7.94. The molecule has 0 unspecified atom stereocenters. The number of carbonyl (C=O) groups excluding carboxylic acids is 1. The lowest BCUT2D eigenvalue weighted by molar-refractivity contribution is 0.262. The third-order valence-corrected chi connectivity index (χ3v) is 5.23. The number of urea groups is 1. The second-order valence-electron chi connectivity index (χ2n) is 8.37. The largest absolute Gasteiger partial charge is 0.323 e. The van der Waals surface area contributed by atoms with Gasteiger partial charge in [0, 0.05) is 11.4 Å². The lowest BCUT2D eigenvalue weighted by Crippen LogP contribution is -2.20. The van der Waals surface area contributed by atoms with E-state index in [0.29, 0.717) is 5.92 Å². The van der Waals surface area contributed by atoms with Gasteiger partial charge in [0.05, 0.1) is 0 Å². The van der Waals surface area contributed by atoms with Crippen LogP contribution >= 0.6 is 0 Å². The van der Waals surface area contributed by atoms with Gasteiger partial charge in [0.1, 0.15) is 0 Å². The Morgan fingerprint density at radius 1 is 0.885 bits per heavy atom. The molecule has 1 saturated carbocycles. The standard InChI is InChI=1S/C23H30N2O/c1-23(2,3)19-10-7-11-21(16-19)25-22(26)24-20-14-12-18(13-15-20)17-8-5-4-6-9-17/h7,10-17H,4-6,8-9H2,1-3H3,(H2,24,25,26). The zero-order chi connectivity index (χ0) is 18.6. The van der Waals surface area contributed by atoms with Crippen molar-refractivity contribution in [1.29, 1.82) is 0 Å². The molecule has 1 fully saturated rings. The molecule has 0 aromatic heterocycles. The number of benzene rings is 2. The normalized spacial score (nSPS) is 15.5. The Kier molecular flexibility index (Phi) is 5.65. The third kappa shape index (κ3) is 4.87. The first-order chi connectivity index (χ1) is 12.4. The molecule has 0 radical (unpaired) electrons. The van der Waals surface area contributed by atoms with Crippen molar-refractivity contribution in [2.24, 2.45) is 0 Å². The van der Waals surface area contributed by atoms with Crippen LogP contribution in [-0.4, -0.2) is 6.03 Å². The molecule has 3 heteroatoms. The molecule has 0 spiro atoms. The average Bonchev–Trinajstić information content (AvgIpc) is 2.62. The van der Waals surface area contributed by atoms with E-state index in [1.165, 1.54) is 43.2 Å². The highest BCUT2D eigenvalue weighted by Gasteiger charge is 2.16. The number of carbonyl (C=O) groups is 1. The van der Waals surface area contributed by atoms with E-state index in [2.05, 4.69) is 49.6 Å². The summed E-state index contributed by atoms with van der Waals surface area (Å²) in [6.07, 6.45) is 6.61. The van der Waals surface area contributed by atoms with E-state index in [0.717, 1.165) is 11.4 Å². The smallest absolute Gasteiger partial charge is 0.308 e. The van der Waals surface area contributed by atoms with Gasteiger partial charge in [-0.25, -0.2) is 4.79 Å². The number of hydrogen-bond donors (Lipinski definition) is 2. The summed E-state index contributed by atoms with van der Waals surface area (Å²) in [5.41, 5.74) is 4.30. The SMILES string of the molecule is CC(C)(C)c1cccc(NC(=O)Nc2ccc(C3CCCCC3)cc2)c1. The molecular formula is C23H30N2O. The first-order valence-corrected chi connectivity index (χ1v) is 9.70. The summed E-state index contributed by atoms with van der Waals surface area (Å²) in [7, 11) is 0. The van der Waals surface area contributed by atoms with Crippen molar-refractivity contribution in [2.45, 2.75) is 64.2 Å². The minimum atomic E-state index is -0.207. The average molecular weight is 351 g/mol. The Hall–Kier alpha value is -2.29. The fourth-order valence-corrected chi connectivity index (χ4v) is 3.63. The topological polar surface area (TPSA) is 41.1 Å². The summed E-state index contributed by atoms with van der Waals surface area (Å²) in [6, 6.07) is 16.2. The summed E-state index contributed by atoms with van der Waals surface area (Å²) in [6.45, 7) is 6.50. The number of rotatable bonds is 3. The van der Waals surface area contributed by atoms with Crippen molar-refractivity contribution in [2.75, 3.05) is 10.6 Å². The van der Waals surface area contributed by atoms with Crippen LogP contribution in [0.15, 0.2) is 48.5 Å². The predicted octanol–water partition coefficient (Wildman–Crippen LogP) is 6.68. The van der Waals surface area contributed by atoms with Crippen LogP contribution in [0, 0.1) is 0 Å². The van der Waals surface area contributed by atoms with Crippen LogP contribution < -0.4 is 10.6 Å². The number of nitrogens with one attached hydrogen (secondary N) is 2. The zero-order valence-corrected chi connectivity index (χ0v) is 16.1. The van der Waals surface area contributed by atoms with E-state index < -0.39 is 0 Å². The summed E-state index contributed by atoms with van der Waals surface area (Å²) in [5.74, 6) is 0.687. The molecule has 0 atom stereocenters. The van der Waals surface area contributed by atoms with Gasteiger partial charge in [0.15, 0.2) is 0 Å². The maximum absolute atomic E-state index is 12.3. The van der Waals surface area contributed by atoms with Gasteiger partial charge < -0.3 is 10.6 Å². The van der Waals surface area contributed by atoms with Gasteiger partial charge in [-0.15, -0.1) is 0 Å². The minimum Gasteiger partial charge on any atom is -0.308 e. The highest BCUT2D eigenvalue weighted by atomic mass is 16.2. The molecular weight excluding hydrogens is 320 g/mol. The Labute approximate surface area is 157 Å².